The van der Waals surface area contributed by atoms with Gasteiger partial charge in [-0.2, -0.15) is 0 Å². The van der Waals surface area contributed by atoms with E-state index in [1.54, 1.807) is 11.9 Å². The molecule has 31 heavy (non-hydrogen) atoms. The molecule has 176 valence electrons. The van der Waals surface area contributed by atoms with Crippen LogP contribution >= 0.6 is 0 Å². The quantitative estimate of drug-likeness (QED) is 0.127. The minimum atomic E-state index is -0.450. The molecule has 1 amide bonds. The fourth-order valence-electron chi connectivity index (χ4n) is 3.94. The number of non-ortho nitro benzene ring substituents is 1. The molecule has 0 saturated carbocycles. The number of carbonyl (C=O) groups is 1. The average molecular weight is 433 g/mol. The summed E-state index contributed by atoms with van der Waals surface area (Å²) in [6, 6.07) is 5.83. The second kappa shape index (κ2) is 17.7. The third-order valence-electron chi connectivity index (χ3n) is 6.02. The third kappa shape index (κ3) is 13.2. The van der Waals surface area contributed by atoms with Crippen LogP contribution in [0.2, 0.25) is 0 Å². The van der Waals surface area contributed by atoms with Gasteiger partial charge >= 0.3 is 0 Å². The number of unbranched alkanes of at least 4 members (excludes halogenated alkanes) is 15. The minimum Gasteiger partial charge on any atom is -0.342 e. The smallest absolute Gasteiger partial charge is 0.269 e. The summed E-state index contributed by atoms with van der Waals surface area (Å²) in [6.07, 6.45) is 21.4. The molecule has 0 aliphatic rings. The number of hydrogen-bond acceptors (Lipinski definition) is 3. The van der Waals surface area contributed by atoms with Gasteiger partial charge in [-0.15, -0.1) is 0 Å². The van der Waals surface area contributed by atoms with Crippen molar-refractivity contribution in [2.24, 2.45) is 0 Å². The maximum Gasteiger partial charge on any atom is 0.269 e. The molecule has 0 fully saturated rings. The number of rotatable bonds is 19. The fraction of sp³-hybridized carbons (Fsp3) is 0.731. The minimum absolute atomic E-state index is 0.0111. The van der Waals surface area contributed by atoms with Gasteiger partial charge in [0.1, 0.15) is 0 Å². The zero-order chi connectivity index (χ0) is 22.7. The summed E-state index contributed by atoms with van der Waals surface area (Å²) in [5, 5.41) is 10.7. The molecular weight excluding hydrogens is 388 g/mol. The molecular formula is C26H44N2O3. The number of nitro groups is 1. The van der Waals surface area contributed by atoms with Crippen LogP contribution in [0.4, 0.5) is 5.69 Å². The number of amides is 1. The summed E-state index contributed by atoms with van der Waals surface area (Å²) in [6.45, 7) is 3.00. The predicted octanol–water partition coefficient (Wildman–Crippen LogP) is 7.93. The molecule has 5 nitrogen and oxygen atoms in total. The first-order valence-corrected chi connectivity index (χ1v) is 12.6. The summed E-state index contributed by atoms with van der Waals surface area (Å²) in [5.74, 6) is -0.0733. The zero-order valence-corrected chi connectivity index (χ0v) is 19.9. The maximum absolute atomic E-state index is 12.4. The summed E-state index contributed by atoms with van der Waals surface area (Å²) < 4.78 is 0. The second-order valence-electron chi connectivity index (χ2n) is 8.83. The largest absolute Gasteiger partial charge is 0.342 e. The van der Waals surface area contributed by atoms with Gasteiger partial charge in [0.15, 0.2) is 0 Å². The molecule has 0 heterocycles. The van der Waals surface area contributed by atoms with Crippen LogP contribution in [0.25, 0.3) is 0 Å². The molecule has 0 atom stereocenters. The van der Waals surface area contributed by atoms with Crippen LogP contribution in [0.15, 0.2) is 24.3 Å². The van der Waals surface area contributed by atoms with Crippen molar-refractivity contribution in [3.63, 3.8) is 0 Å². The van der Waals surface area contributed by atoms with Gasteiger partial charge in [-0.3, -0.25) is 14.9 Å². The molecule has 0 aromatic heterocycles. The molecule has 1 rings (SSSR count). The van der Waals surface area contributed by atoms with Crippen LogP contribution in [0.5, 0.6) is 0 Å². The molecule has 0 spiro atoms. The molecule has 1 aromatic rings. The maximum atomic E-state index is 12.4. The molecule has 5 heteroatoms. The monoisotopic (exact) mass is 432 g/mol. The topological polar surface area (TPSA) is 63.5 Å². The van der Waals surface area contributed by atoms with Crippen LogP contribution in [-0.4, -0.2) is 29.3 Å². The molecule has 0 N–H and O–H groups in total. The highest BCUT2D eigenvalue weighted by molar-refractivity contribution is 5.94. The van der Waals surface area contributed by atoms with E-state index in [4.69, 9.17) is 0 Å². The van der Waals surface area contributed by atoms with E-state index < -0.39 is 4.92 Å². The Morgan fingerprint density at radius 2 is 1.13 bits per heavy atom. The summed E-state index contributed by atoms with van der Waals surface area (Å²) >= 11 is 0. The van der Waals surface area contributed by atoms with E-state index in [0.29, 0.717) is 5.56 Å². The molecule has 0 bridgehead atoms. The van der Waals surface area contributed by atoms with Gasteiger partial charge in [0.2, 0.25) is 0 Å². The van der Waals surface area contributed by atoms with Crippen molar-refractivity contribution in [3.05, 3.63) is 39.9 Å². The molecule has 0 aliphatic heterocycles. The van der Waals surface area contributed by atoms with E-state index in [-0.39, 0.29) is 11.6 Å². The average Bonchev–Trinajstić information content (AvgIpc) is 2.78. The summed E-state index contributed by atoms with van der Waals surface area (Å²) in [7, 11) is 1.80. The first kappa shape index (κ1) is 27.1. The molecule has 0 aliphatic carbocycles. The lowest BCUT2D eigenvalue weighted by Gasteiger charge is -2.17. The van der Waals surface area contributed by atoms with Gasteiger partial charge in [0, 0.05) is 31.3 Å². The Morgan fingerprint density at radius 3 is 1.52 bits per heavy atom. The van der Waals surface area contributed by atoms with Crippen molar-refractivity contribution in [3.8, 4) is 0 Å². The number of nitro benzene ring substituents is 1. The Balaban J connectivity index is 1.93. The number of carbonyl (C=O) groups excluding carboxylic acids is 1. The van der Waals surface area contributed by atoms with Gasteiger partial charge in [-0.1, -0.05) is 103 Å². The molecule has 1 aromatic carbocycles. The fourth-order valence-corrected chi connectivity index (χ4v) is 3.94. The van der Waals surface area contributed by atoms with E-state index in [1.165, 1.54) is 114 Å². The van der Waals surface area contributed by atoms with E-state index in [9.17, 15) is 14.9 Å². The van der Waals surface area contributed by atoms with Gasteiger partial charge in [0.25, 0.3) is 11.6 Å². The second-order valence-corrected chi connectivity index (χ2v) is 8.83. The van der Waals surface area contributed by atoms with Gasteiger partial charge in [-0.25, -0.2) is 0 Å². The summed E-state index contributed by atoms with van der Waals surface area (Å²) in [4.78, 5) is 24.3. The lowest BCUT2D eigenvalue weighted by atomic mass is 10.0. The van der Waals surface area contributed by atoms with Gasteiger partial charge in [0.05, 0.1) is 4.92 Å². The molecule has 0 unspecified atom stereocenters. The van der Waals surface area contributed by atoms with E-state index in [0.717, 1.165) is 19.4 Å². The first-order chi connectivity index (χ1) is 15.1. The number of nitrogens with zero attached hydrogens (tertiary/aromatic N) is 2. The highest BCUT2D eigenvalue weighted by Crippen LogP contribution is 2.15. The highest BCUT2D eigenvalue weighted by atomic mass is 16.6. The Bertz CT molecular complexity index is 601. The van der Waals surface area contributed by atoms with E-state index in [1.807, 2.05) is 0 Å². The molecule has 0 saturated heterocycles. The number of hydrogen-bond donors (Lipinski definition) is 0. The van der Waals surface area contributed by atoms with Crippen LogP contribution in [0.3, 0.4) is 0 Å². The van der Waals surface area contributed by atoms with Crippen LogP contribution < -0.4 is 0 Å². The Hall–Kier alpha value is -1.91. The SMILES string of the molecule is CCCCCCCCCCCCCCCCCCN(C)C(=O)c1ccc([N+](=O)[O-])cc1. The van der Waals surface area contributed by atoms with E-state index in [2.05, 4.69) is 6.92 Å². The van der Waals surface area contributed by atoms with Gasteiger partial charge < -0.3 is 4.90 Å². The first-order valence-electron chi connectivity index (χ1n) is 12.6. The number of benzene rings is 1. The van der Waals surface area contributed by atoms with Crippen LogP contribution in [0.1, 0.15) is 120 Å². The van der Waals surface area contributed by atoms with Crippen LogP contribution in [0, 0.1) is 10.1 Å². The standard InChI is InChI=1S/C26H44N2O3/c1-3-4-5-6-7-8-9-10-11-12-13-14-15-16-17-18-23-27(2)26(29)24-19-21-25(22-20-24)28(30)31/h19-22H,3-18,23H2,1-2H3. The lowest BCUT2D eigenvalue weighted by Crippen LogP contribution is -2.27. The van der Waals surface area contributed by atoms with Crippen molar-refractivity contribution in [2.45, 2.75) is 110 Å². The Labute approximate surface area is 189 Å². The van der Waals surface area contributed by atoms with Crippen molar-refractivity contribution >= 4 is 11.6 Å². The van der Waals surface area contributed by atoms with Crippen molar-refractivity contribution in [1.82, 2.24) is 4.90 Å². The van der Waals surface area contributed by atoms with Gasteiger partial charge in [-0.05, 0) is 18.6 Å². The highest BCUT2D eigenvalue weighted by Gasteiger charge is 2.13. The van der Waals surface area contributed by atoms with E-state index >= 15 is 0 Å². The third-order valence-corrected chi connectivity index (χ3v) is 6.02. The zero-order valence-electron chi connectivity index (χ0n) is 19.9. The molecule has 0 radical (unpaired) electrons. The Morgan fingerprint density at radius 1 is 0.742 bits per heavy atom. The van der Waals surface area contributed by atoms with Crippen LogP contribution in [-0.2, 0) is 0 Å². The van der Waals surface area contributed by atoms with Crippen molar-refractivity contribution < 1.29 is 9.72 Å². The normalized spacial score (nSPS) is 10.9. The Kier molecular flexibility index (Phi) is 15.5. The van der Waals surface area contributed by atoms with Crippen molar-refractivity contribution in [2.75, 3.05) is 13.6 Å². The lowest BCUT2D eigenvalue weighted by molar-refractivity contribution is -0.384. The summed E-state index contributed by atoms with van der Waals surface area (Å²) in [5.41, 5.74) is 0.515. The van der Waals surface area contributed by atoms with Crippen molar-refractivity contribution in [1.29, 1.82) is 0 Å². The predicted molar refractivity (Wildman–Crippen MR) is 130 cm³/mol.